The average molecular weight is 183 g/mol. The van der Waals surface area contributed by atoms with Crippen molar-refractivity contribution in [1.82, 2.24) is 4.90 Å². The first-order valence-electron chi connectivity index (χ1n) is 5.02. The maximum absolute atomic E-state index is 10.8. The highest BCUT2D eigenvalue weighted by Gasteiger charge is 2.42. The fraction of sp³-hybridized carbons (Fsp3) is 0.900. The molecule has 0 aromatic heterocycles. The number of carbonyl (C=O) groups excluding carboxylic acids is 1. The summed E-state index contributed by atoms with van der Waals surface area (Å²) < 4.78 is 5.31. The molecular formula is C10H17NO2. The van der Waals surface area contributed by atoms with Crippen LogP contribution in [0.1, 0.15) is 19.8 Å². The number of fused-ring (bicyclic) bond motifs is 1. The van der Waals surface area contributed by atoms with Gasteiger partial charge in [0, 0.05) is 25.9 Å². The summed E-state index contributed by atoms with van der Waals surface area (Å²) in [6.45, 7) is 3.79. The summed E-state index contributed by atoms with van der Waals surface area (Å²) in [6.07, 6.45) is 2.50. The molecule has 0 spiro atoms. The Morgan fingerprint density at radius 1 is 1.38 bits per heavy atom. The quantitative estimate of drug-likeness (QED) is 0.565. The van der Waals surface area contributed by atoms with Crippen LogP contribution in [0.3, 0.4) is 0 Å². The van der Waals surface area contributed by atoms with E-state index in [1.807, 2.05) is 0 Å². The van der Waals surface area contributed by atoms with Crippen molar-refractivity contribution < 1.29 is 9.53 Å². The van der Waals surface area contributed by atoms with Gasteiger partial charge in [0.15, 0.2) is 0 Å². The Balaban J connectivity index is 1.96. The number of ether oxygens (including phenoxy) is 1. The molecule has 0 amide bonds. The van der Waals surface area contributed by atoms with Crippen molar-refractivity contribution in [3.8, 4) is 0 Å². The molecule has 1 aliphatic carbocycles. The van der Waals surface area contributed by atoms with Crippen LogP contribution >= 0.6 is 0 Å². The highest BCUT2D eigenvalue weighted by Crippen LogP contribution is 2.39. The highest BCUT2D eigenvalue weighted by molar-refractivity contribution is 5.66. The SMILES string of the molecule is CC(=O)O[C@H]1CC[C@H]2CN(C)C[C@H]21. The summed E-state index contributed by atoms with van der Waals surface area (Å²) in [5.74, 6) is 1.25. The fourth-order valence-corrected chi connectivity index (χ4v) is 2.80. The van der Waals surface area contributed by atoms with Crippen molar-refractivity contribution in [2.75, 3.05) is 20.1 Å². The molecule has 13 heavy (non-hydrogen) atoms. The number of hydrogen-bond donors (Lipinski definition) is 0. The summed E-state index contributed by atoms with van der Waals surface area (Å²) in [7, 11) is 2.14. The van der Waals surface area contributed by atoms with Gasteiger partial charge in [-0.15, -0.1) is 0 Å². The van der Waals surface area contributed by atoms with Gasteiger partial charge in [0.25, 0.3) is 0 Å². The highest BCUT2D eigenvalue weighted by atomic mass is 16.5. The average Bonchev–Trinajstić information content (AvgIpc) is 2.51. The number of esters is 1. The standard InChI is InChI=1S/C10H17NO2/c1-7(12)13-10-4-3-8-5-11(2)6-9(8)10/h8-10H,3-6H2,1-2H3/t8-,9+,10-/m0/s1. The molecule has 0 aromatic rings. The van der Waals surface area contributed by atoms with Crippen LogP contribution in [-0.4, -0.2) is 37.1 Å². The largest absolute Gasteiger partial charge is 0.462 e. The maximum atomic E-state index is 10.8. The Morgan fingerprint density at radius 2 is 2.15 bits per heavy atom. The van der Waals surface area contributed by atoms with Gasteiger partial charge in [-0.3, -0.25) is 4.79 Å². The maximum Gasteiger partial charge on any atom is 0.302 e. The molecule has 1 heterocycles. The predicted molar refractivity (Wildman–Crippen MR) is 49.3 cm³/mol. The number of rotatable bonds is 1. The summed E-state index contributed by atoms with van der Waals surface area (Å²) in [5, 5.41) is 0. The van der Waals surface area contributed by atoms with Crippen LogP contribution in [0.25, 0.3) is 0 Å². The van der Waals surface area contributed by atoms with Crippen LogP contribution in [0.15, 0.2) is 0 Å². The number of likely N-dealkylation sites (tertiary alicyclic amines) is 1. The minimum absolute atomic E-state index is 0.125. The zero-order valence-electron chi connectivity index (χ0n) is 8.32. The van der Waals surface area contributed by atoms with Crippen LogP contribution in [0.4, 0.5) is 0 Å². The molecule has 2 fully saturated rings. The van der Waals surface area contributed by atoms with Gasteiger partial charge in [0.1, 0.15) is 6.10 Å². The zero-order chi connectivity index (χ0) is 9.42. The fourth-order valence-electron chi connectivity index (χ4n) is 2.80. The molecule has 0 N–H and O–H groups in total. The lowest BCUT2D eigenvalue weighted by Gasteiger charge is -2.18. The van der Waals surface area contributed by atoms with Crippen LogP contribution in [0.2, 0.25) is 0 Å². The predicted octanol–water partition coefficient (Wildman–Crippen LogP) is 0.890. The van der Waals surface area contributed by atoms with E-state index in [4.69, 9.17) is 4.74 Å². The molecule has 0 unspecified atom stereocenters. The summed E-state index contributed by atoms with van der Waals surface area (Å²) >= 11 is 0. The molecule has 3 heteroatoms. The zero-order valence-corrected chi connectivity index (χ0v) is 8.32. The van der Waals surface area contributed by atoms with Crippen molar-refractivity contribution in [2.45, 2.75) is 25.9 Å². The van der Waals surface area contributed by atoms with Gasteiger partial charge >= 0.3 is 5.97 Å². The molecule has 0 bridgehead atoms. The molecule has 0 radical (unpaired) electrons. The van der Waals surface area contributed by atoms with Gasteiger partial charge in [-0.2, -0.15) is 0 Å². The summed E-state index contributed by atoms with van der Waals surface area (Å²) in [4.78, 5) is 13.2. The first-order valence-corrected chi connectivity index (χ1v) is 5.02. The van der Waals surface area contributed by atoms with Gasteiger partial charge in [-0.1, -0.05) is 0 Å². The van der Waals surface area contributed by atoms with E-state index in [1.54, 1.807) is 0 Å². The number of nitrogens with zero attached hydrogens (tertiary/aromatic N) is 1. The topological polar surface area (TPSA) is 29.5 Å². The Kier molecular flexibility index (Phi) is 2.28. The normalized spacial score (nSPS) is 39.1. The van der Waals surface area contributed by atoms with Crippen LogP contribution in [0, 0.1) is 11.8 Å². The Bertz CT molecular complexity index is 217. The van der Waals surface area contributed by atoms with E-state index >= 15 is 0 Å². The van der Waals surface area contributed by atoms with Crippen LogP contribution < -0.4 is 0 Å². The second-order valence-electron chi connectivity index (χ2n) is 4.37. The smallest absolute Gasteiger partial charge is 0.302 e. The van der Waals surface area contributed by atoms with Crippen molar-refractivity contribution in [3.05, 3.63) is 0 Å². The van der Waals surface area contributed by atoms with E-state index in [0.717, 1.165) is 18.9 Å². The molecule has 1 aliphatic heterocycles. The van der Waals surface area contributed by atoms with E-state index in [1.165, 1.54) is 19.9 Å². The van der Waals surface area contributed by atoms with Gasteiger partial charge in [0.05, 0.1) is 0 Å². The van der Waals surface area contributed by atoms with Gasteiger partial charge in [-0.25, -0.2) is 0 Å². The Hall–Kier alpha value is -0.570. The van der Waals surface area contributed by atoms with E-state index in [2.05, 4.69) is 11.9 Å². The van der Waals surface area contributed by atoms with E-state index in [9.17, 15) is 4.79 Å². The molecule has 3 nitrogen and oxygen atoms in total. The third-order valence-electron chi connectivity index (χ3n) is 3.29. The van der Waals surface area contributed by atoms with Gasteiger partial charge < -0.3 is 9.64 Å². The Labute approximate surface area is 79.0 Å². The van der Waals surface area contributed by atoms with Gasteiger partial charge in [-0.05, 0) is 25.8 Å². The monoisotopic (exact) mass is 183 g/mol. The number of hydrogen-bond acceptors (Lipinski definition) is 3. The lowest BCUT2D eigenvalue weighted by atomic mass is 9.99. The minimum atomic E-state index is -0.125. The van der Waals surface area contributed by atoms with E-state index in [0.29, 0.717) is 5.92 Å². The second kappa shape index (κ2) is 3.29. The minimum Gasteiger partial charge on any atom is -0.462 e. The Morgan fingerprint density at radius 3 is 2.85 bits per heavy atom. The lowest BCUT2D eigenvalue weighted by molar-refractivity contribution is -0.148. The summed E-state index contributed by atoms with van der Waals surface area (Å²) in [5.41, 5.74) is 0. The van der Waals surface area contributed by atoms with Crippen LogP contribution in [-0.2, 0) is 9.53 Å². The third-order valence-corrected chi connectivity index (χ3v) is 3.29. The van der Waals surface area contributed by atoms with E-state index in [-0.39, 0.29) is 12.1 Å². The molecule has 1 saturated heterocycles. The summed E-state index contributed by atoms with van der Waals surface area (Å²) in [6, 6.07) is 0. The molecule has 3 atom stereocenters. The van der Waals surface area contributed by atoms with Gasteiger partial charge in [0.2, 0.25) is 0 Å². The van der Waals surface area contributed by atoms with Crippen molar-refractivity contribution in [3.63, 3.8) is 0 Å². The van der Waals surface area contributed by atoms with Crippen LogP contribution in [0.5, 0.6) is 0 Å². The third kappa shape index (κ3) is 1.70. The second-order valence-corrected chi connectivity index (χ2v) is 4.37. The molecule has 2 rings (SSSR count). The lowest BCUT2D eigenvalue weighted by Crippen LogP contribution is -2.25. The first-order chi connectivity index (χ1) is 6.16. The molecule has 74 valence electrons. The molecule has 1 saturated carbocycles. The van der Waals surface area contributed by atoms with E-state index < -0.39 is 0 Å². The van der Waals surface area contributed by atoms with Crippen molar-refractivity contribution >= 4 is 5.97 Å². The first kappa shape index (κ1) is 9.00. The molecule has 2 aliphatic rings. The number of carbonyl (C=O) groups is 1. The van der Waals surface area contributed by atoms with Crippen molar-refractivity contribution in [1.29, 1.82) is 0 Å². The molecular weight excluding hydrogens is 166 g/mol. The van der Waals surface area contributed by atoms with Crippen molar-refractivity contribution in [2.24, 2.45) is 11.8 Å². The molecule has 0 aromatic carbocycles.